The van der Waals surface area contributed by atoms with E-state index in [4.69, 9.17) is 17.3 Å². The van der Waals surface area contributed by atoms with E-state index < -0.39 is 0 Å². The average molecular weight is 232 g/mol. The third kappa shape index (κ3) is 2.20. The van der Waals surface area contributed by atoms with Crippen molar-refractivity contribution >= 4 is 17.3 Å². The van der Waals surface area contributed by atoms with Gasteiger partial charge in [-0.1, -0.05) is 48.9 Å². The largest absolute Gasteiger partial charge is 0.398 e. The minimum Gasteiger partial charge on any atom is -0.398 e. The van der Waals surface area contributed by atoms with Gasteiger partial charge in [-0.25, -0.2) is 0 Å². The molecule has 0 saturated carbocycles. The molecule has 0 aromatic heterocycles. The number of hydrogen-bond acceptors (Lipinski definition) is 1. The SMILES string of the molecule is C[C@@H](c1ccccc1)c1cc(Cl)ccc1N. The van der Waals surface area contributed by atoms with Gasteiger partial charge in [-0.05, 0) is 29.3 Å². The molecule has 0 unspecified atom stereocenters. The Morgan fingerprint density at radius 2 is 1.75 bits per heavy atom. The minimum atomic E-state index is 0.264. The van der Waals surface area contributed by atoms with Crippen LogP contribution in [0.2, 0.25) is 5.02 Å². The van der Waals surface area contributed by atoms with Gasteiger partial charge in [0.1, 0.15) is 0 Å². The van der Waals surface area contributed by atoms with Crippen molar-refractivity contribution in [1.82, 2.24) is 0 Å². The zero-order valence-electron chi connectivity index (χ0n) is 9.15. The second kappa shape index (κ2) is 4.58. The first-order chi connectivity index (χ1) is 7.68. The molecule has 2 heteroatoms. The summed E-state index contributed by atoms with van der Waals surface area (Å²) in [6.45, 7) is 2.14. The maximum absolute atomic E-state index is 5.99. The van der Waals surface area contributed by atoms with E-state index in [1.54, 1.807) is 0 Å². The lowest BCUT2D eigenvalue weighted by Gasteiger charge is -2.15. The molecule has 0 spiro atoms. The molecule has 0 bridgehead atoms. The lowest BCUT2D eigenvalue weighted by molar-refractivity contribution is 0.926. The highest BCUT2D eigenvalue weighted by molar-refractivity contribution is 6.30. The summed E-state index contributed by atoms with van der Waals surface area (Å²) < 4.78 is 0. The fourth-order valence-corrected chi connectivity index (χ4v) is 2.02. The molecule has 0 aliphatic rings. The molecule has 82 valence electrons. The Labute approximate surface area is 101 Å². The van der Waals surface area contributed by atoms with Gasteiger partial charge in [-0.15, -0.1) is 0 Å². The topological polar surface area (TPSA) is 26.0 Å². The number of nitrogen functional groups attached to an aromatic ring is 1. The molecule has 0 aliphatic carbocycles. The van der Waals surface area contributed by atoms with Crippen LogP contribution in [0.15, 0.2) is 48.5 Å². The van der Waals surface area contributed by atoms with E-state index in [1.807, 2.05) is 36.4 Å². The molecule has 0 amide bonds. The number of benzene rings is 2. The molecule has 1 nitrogen and oxygen atoms in total. The first-order valence-corrected chi connectivity index (χ1v) is 5.66. The molecule has 0 radical (unpaired) electrons. The van der Waals surface area contributed by atoms with Crippen molar-refractivity contribution in [2.24, 2.45) is 0 Å². The quantitative estimate of drug-likeness (QED) is 0.775. The molecule has 0 heterocycles. The predicted octanol–water partition coefficient (Wildman–Crippen LogP) is 4.07. The lowest BCUT2D eigenvalue weighted by atomic mass is 9.92. The van der Waals surface area contributed by atoms with Gasteiger partial charge in [0.05, 0.1) is 0 Å². The third-order valence-electron chi connectivity index (χ3n) is 2.81. The summed E-state index contributed by atoms with van der Waals surface area (Å²) in [5.41, 5.74) is 9.09. The molecule has 0 fully saturated rings. The van der Waals surface area contributed by atoms with Crippen molar-refractivity contribution in [1.29, 1.82) is 0 Å². The van der Waals surface area contributed by atoms with Crippen LogP contribution in [-0.2, 0) is 0 Å². The van der Waals surface area contributed by atoms with Crippen molar-refractivity contribution in [3.05, 3.63) is 64.7 Å². The molecule has 2 aromatic rings. The lowest BCUT2D eigenvalue weighted by Crippen LogP contribution is -2.00. The van der Waals surface area contributed by atoms with Gasteiger partial charge in [0, 0.05) is 16.6 Å². The van der Waals surface area contributed by atoms with Crippen LogP contribution in [0.1, 0.15) is 24.0 Å². The Hall–Kier alpha value is -1.47. The van der Waals surface area contributed by atoms with Gasteiger partial charge >= 0.3 is 0 Å². The van der Waals surface area contributed by atoms with E-state index in [0.717, 1.165) is 16.3 Å². The molecule has 0 aliphatic heterocycles. The van der Waals surface area contributed by atoms with E-state index in [1.165, 1.54) is 5.56 Å². The fourth-order valence-electron chi connectivity index (χ4n) is 1.84. The van der Waals surface area contributed by atoms with Crippen molar-refractivity contribution in [2.75, 3.05) is 5.73 Å². The van der Waals surface area contributed by atoms with Gasteiger partial charge in [-0.3, -0.25) is 0 Å². The number of rotatable bonds is 2. The zero-order chi connectivity index (χ0) is 11.5. The third-order valence-corrected chi connectivity index (χ3v) is 3.05. The van der Waals surface area contributed by atoms with Gasteiger partial charge in [-0.2, -0.15) is 0 Å². The highest BCUT2D eigenvalue weighted by Gasteiger charge is 2.11. The summed E-state index contributed by atoms with van der Waals surface area (Å²) in [6, 6.07) is 15.9. The Morgan fingerprint density at radius 1 is 1.06 bits per heavy atom. The monoisotopic (exact) mass is 231 g/mol. The first-order valence-electron chi connectivity index (χ1n) is 5.28. The maximum atomic E-state index is 5.99. The smallest absolute Gasteiger partial charge is 0.0410 e. The first kappa shape index (κ1) is 11.0. The summed E-state index contributed by atoms with van der Waals surface area (Å²) >= 11 is 5.99. The molecule has 1 atom stereocenters. The van der Waals surface area contributed by atoms with Crippen LogP contribution < -0.4 is 5.73 Å². The summed E-state index contributed by atoms with van der Waals surface area (Å²) in [7, 11) is 0. The van der Waals surface area contributed by atoms with Crippen LogP contribution in [0.4, 0.5) is 5.69 Å². The normalized spacial score (nSPS) is 12.4. The van der Waals surface area contributed by atoms with Crippen LogP contribution in [0, 0.1) is 0 Å². The number of anilines is 1. The van der Waals surface area contributed by atoms with E-state index >= 15 is 0 Å². The molecule has 16 heavy (non-hydrogen) atoms. The second-order valence-corrected chi connectivity index (χ2v) is 4.34. The molecular formula is C14H14ClN. The number of nitrogens with two attached hydrogens (primary N) is 1. The van der Waals surface area contributed by atoms with Crippen LogP contribution in [0.5, 0.6) is 0 Å². The number of hydrogen-bond donors (Lipinski definition) is 1. The highest BCUT2D eigenvalue weighted by atomic mass is 35.5. The van der Waals surface area contributed by atoms with Gasteiger partial charge in [0.25, 0.3) is 0 Å². The highest BCUT2D eigenvalue weighted by Crippen LogP contribution is 2.30. The Balaban J connectivity index is 2.41. The van der Waals surface area contributed by atoms with Crippen molar-refractivity contribution in [3.8, 4) is 0 Å². The molecular weight excluding hydrogens is 218 g/mol. The molecule has 2 rings (SSSR count). The van der Waals surface area contributed by atoms with E-state index in [9.17, 15) is 0 Å². The van der Waals surface area contributed by atoms with Crippen molar-refractivity contribution in [2.45, 2.75) is 12.8 Å². The standard InChI is InChI=1S/C14H14ClN/c1-10(11-5-3-2-4-6-11)13-9-12(15)7-8-14(13)16/h2-10H,16H2,1H3/t10-/m0/s1. The fraction of sp³-hybridized carbons (Fsp3) is 0.143. The van der Waals surface area contributed by atoms with E-state index in [0.29, 0.717) is 0 Å². The van der Waals surface area contributed by atoms with Crippen LogP contribution in [0.3, 0.4) is 0 Å². The van der Waals surface area contributed by atoms with Gasteiger partial charge in [0.15, 0.2) is 0 Å². The van der Waals surface area contributed by atoms with Gasteiger partial charge in [0.2, 0.25) is 0 Å². The van der Waals surface area contributed by atoms with Crippen LogP contribution in [-0.4, -0.2) is 0 Å². The Bertz CT molecular complexity index is 479. The molecule has 2 aromatic carbocycles. The van der Waals surface area contributed by atoms with Crippen LogP contribution in [0.25, 0.3) is 0 Å². The summed E-state index contributed by atoms with van der Waals surface area (Å²) in [6.07, 6.45) is 0. The maximum Gasteiger partial charge on any atom is 0.0410 e. The van der Waals surface area contributed by atoms with Gasteiger partial charge < -0.3 is 5.73 Å². The summed E-state index contributed by atoms with van der Waals surface area (Å²) in [5, 5.41) is 0.729. The molecule has 0 saturated heterocycles. The minimum absolute atomic E-state index is 0.264. The number of halogens is 1. The zero-order valence-corrected chi connectivity index (χ0v) is 9.91. The summed E-state index contributed by atoms with van der Waals surface area (Å²) in [5.74, 6) is 0.264. The van der Waals surface area contributed by atoms with Crippen LogP contribution >= 0.6 is 11.6 Å². The van der Waals surface area contributed by atoms with E-state index in [-0.39, 0.29) is 5.92 Å². The second-order valence-electron chi connectivity index (χ2n) is 3.91. The van der Waals surface area contributed by atoms with Crippen molar-refractivity contribution in [3.63, 3.8) is 0 Å². The average Bonchev–Trinajstić information content (AvgIpc) is 2.32. The van der Waals surface area contributed by atoms with E-state index in [2.05, 4.69) is 19.1 Å². The summed E-state index contributed by atoms with van der Waals surface area (Å²) in [4.78, 5) is 0. The Morgan fingerprint density at radius 3 is 2.44 bits per heavy atom. The molecule has 2 N–H and O–H groups in total. The predicted molar refractivity (Wildman–Crippen MR) is 69.8 cm³/mol. The van der Waals surface area contributed by atoms with Crippen molar-refractivity contribution < 1.29 is 0 Å². The Kier molecular flexibility index (Phi) is 3.16.